The molecular weight excluding hydrogens is 360 g/mol. The first kappa shape index (κ1) is 20.6. The van der Waals surface area contributed by atoms with E-state index < -0.39 is 17.6 Å². The Bertz CT molecular complexity index is 750. The zero-order valence-electron chi connectivity index (χ0n) is 17.5. The minimum absolute atomic E-state index is 0.0231. The Morgan fingerprint density at radius 2 is 1.93 bits per heavy atom. The van der Waals surface area contributed by atoms with E-state index in [9.17, 15) is 14.4 Å². The Balaban J connectivity index is 2.04. The highest BCUT2D eigenvalue weighted by Crippen LogP contribution is 2.58. The van der Waals surface area contributed by atoms with Crippen molar-refractivity contribution in [3.05, 3.63) is 23.3 Å². The number of ether oxygens (including phenoxy) is 3. The van der Waals surface area contributed by atoms with E-state index >= 15 is 0 Å². The predicted octanol–water partition coefficient (Wildman–Crippen LogP) is 3.35. The summed E-state index contributed by atoms with van der Waals surface area (Å²) in [7, 11) is 0. The number of hydrogen-bond acceptors (Lipinski definition) is 6. The van der Waals surface area contributed by atoms with Gasteiger partial charge in [-0.2, -0.15) is 0 Å². The normalized spacial score (nSPS) is 40.0. The van der Waals surface area contributed by atoms with Crippen molar-refractivity contribution < 1.29 is 28.6 Å². The van der Waals surface area contributed by atoms with Gasteiger partial charge in [0.2, 0.25) is 0 Å². The van der Waals surface area contributed by atoms with Crippen molar-refractivity contribution in [2.24, 2.45) is 23.2 Å². The molecule has 6 heteroatoms. The van der Waals surface area contributed by atoms with Crippen molar-refractivity contribution in [3.63, 3.8) is 0 Å². The molecule has 154 valence electrons. The Hall–Kier alpha value is -2.11. The lowest BCUT2D eigenvalue weighted by atomic mass is 9.53. The van der Waals surface area contributed by atoms with E-state index in [4.69, 9.17) is 14.2 Å². The third kappa shape index (κ3) is 3.16. The number of carbonyl (C=O) groups is 3. The fraction of sp³-hybridized carbons (Fsp3) is 0.682. The number of hydrogen-bond donors (Lipinski definition) is 0. The van der Waals surface area contributed by atoms with Crippen LogP contribution in [0.2, 0.25) is 0 Å². The molecule has 2 aliphatic carbocycles. The van der Waals surface area contributed by atoms with Crippen LogP contribution in [-0.2, 0) is 28.6 Å². The second-order valence-electron chi connectivity index (χ2n) is 8.58. The summed E-state index contributed by atoms with van der Waals surface area (Å²) in [6, 6.07) is 0. The molecule has 0 spiro atoms. The average molecular weight is 390 g/mol. The van der Waals surface area contributed by atoms with Gasteiger partial charge in [-0.15, -0.1) is 0 Å². The zero-order chi connectivity index (χ0) is 20.8. The highest BCUT2D eigenvalue weighted by atomic mass is 16.6. The van der Waals surface area contributed by atoms with Crippen molar-refractivity contribution in [3.8, 4) is 0 Å². The lowest BCUT2D eigenvalue weighted by Crippen LogP contribution is -2.61. The minimum Gasteiger partial charge on any atom is -0.462 e. The fourth-order valence-electron chi connectivity index (χ4n) is 5.22. The molecule has 7 atom stereocenters. The summed E-state index contributed by atoms with van der Waals surface area (Å²) in [6.45, 7) is 10.8. The molecule has 1 saturated carbocycles. The number of esters is 3. The van der Waals surface area contributed by atoms with Crippen molar-refractivity contribution in [2.45, 2.75) is 72.7 Å². The van der Waals surface area contributed by atoms with Gasteiger partial charge in [0.05, 0.1) is 11.3 Å². The van der Waals surface area contributed by atoms with E-state index in [-0.39, 0.29) is 41.8 Å². The van der Waals surface area contributed by atoms with Crippen molar-refractivity contribution in [2.75, 3.05) is 0 Å². The van der Waals surface area contributed by atoms with Crippen LogP contribution in [0.15, 0.2) is 23.3 Å². The molecule has 1 saturated heterocycles. The summed E-state index contributed by atoms with van der Waals surface area (Å²) < 4.78 is 17.4. The molecule has 0 amide bonds. The second-order valence-corrected chi connectivity index (χ2v) is 8.58. The molecule has 3 rings (SSSR count). The Kier molecular flexibility index (Phi) is 5.43. The number of fused-ring (bicyclic) bond motifs is 3. The minimum atomic E-state index is -0.667. The van der Waals surface area contributed by atoms with Crippen LogP contribution >= 0.6 is 0 Å². The van der Waals surface area contributed by atoms with E-state index in [2.05, 4.69) is 6.08 Å². The van der Waals surface area contributed by atoms with Crippen LogP contribution in [0.5, 0.6) is 0 Å². The lowest BCUT2D eigenvalue weighted by molar-refractivity contribution is -0.201. The van der Waals surface area contributed by atoms with Gasteiger partial charge >= 0.3 is 17.9 Å². The number of allylic oxidation sites excluding steroid dienone is 1. The molecule has 0 N–H and O–H groups in total. The molecule has 1 aliphatic heterocycles. The smallest absolute Gasteiger partial charge is 0.333 e. The number of carbonyl (C=O) groups excluding carboxylic acids is 3. The molecule has 0 radical (unpaired) electrons. The van der Waals surface area contributed by atoms with Gasteiger partial charge in [-0.25, -0.2) is 4.79 Å². The highest BCUT2D eigenvalue weighted by molar-refractivity contribution is 5.87. The Labute approximate surface area is 166 Å². The molecule has 6 nitrogen and oxygen atoms in total. The van der Waals surface area contributed by atoms with Crippen molar-refractivity contribution in [1.82, 2.24) is 0 Å². The maximum atomic E-state index is 12.5. The maximum absolute atomic E-state index is 12.5. The predicted molar refractivity (Wildman–Crippen MR) is 102 cm³/mol. The van der Waals surface area contributed by atoms with E-state index in [1.54, 1.807) is 19.9 Å². The van der Waals surface area contributed by atoms with Crippen molar-refractivity contribution >= 4 is 17.9 Å². The molecule has 2 fully saturated rings. The van der Waals surface area contributed by atoms with E-state index in [0.717, 1.165) is 5.57 Å². The van der Waals surface area contributed by atoms with Crippen LogP contribution in [0.3, 0.4) is 0 Å². The summed E-state index contributed by atoms with van der Waals surface area (Å²) in [5.41, 5.74) is 0.955. The van der Waals surface area contributed by atoms with E-state index in [1.807, 2.05) is 20.8 Å². The zero-order valence-corrected chi connectivity index (χ0v) is 17.5. The van der Waals surface area contributed by atoms with Crippen LogP contribution in [0, 0.1) is 23.2 Å². The SMILES string of the molecule is C/C=C(/C)C(=O)O[C@H]1CC=C(C)C2C3OC(=O)[C@H](C)C3C[C@@H](OC(C)=O)[C@]21C. The molecule has 3 aliphatic rings. The van der Waals surface area contributed by atoms with Crippen LogP contribution in [0.1, 0.15) is 54.4 Å². The molecular formula is C22H30O6. The summed E-state index contributed by atoms with van der Waals surface area (Å²) >= 11 is 0. The van der Waals surface area contributed by atoms with Gasteiger partial charge in [0.1, 0.15) is 18.3 Å². The first-order valence-corrected chi connectivity index (χ1v) is 9.99. The summed E-state index contributed by atoms with van der Waals surface area (Å²) in [6.07, 6.45) is 3.62. The molecule has 0 aromatic carbocycles. The second kappa shape index (κ2) is 7.37. The summed E-state index contributed by atoms with van der Waals surface area (Å²) in [5.74, 6) is -1.39. The molecule has 0 aromatic heterocycles. The Morgan fingerprint density at radius 1 is 1.25 bits per heavy atom. The van der Waals surface area contributed by atoms with Gasteiger partial charge < -0.3 is 14.2 Å². The average Bonchev–Trinajstić information content (AvgIpc) is 2.90. The largest absolute Gasteiger partial charge is 0.462 e. The first-order valence-electron chi connectivity index (χ1n) is 9.99. The number of rotatable bonds is 3. The third-order valence-electron chi connectivity index (χ3n) is 7.02. The van der Waals surface area contributed by atoms with Gasteiger partial charge in [0, 0.05) is 30.8 Å². The lowest BCUT2D eigenvalue weighted by Gasteiger charge is -2.55. The highest BCUT2D eigenvalue weighted by Gasteiger charge is 2.64. The van der Waals surface area contributed by atoms with Gasteiger partial charge in [-0.05, 0) is 27.2 Å². The van der Waals surface area contributed by atoms with Gasteiger partial charge in [0.15, 0.2) is 0 Å². The van der Waals surface area contributed by atoms with Gasteiger partial charge in [-0.3, -0.25) is 9.59 Å². The fourth-order valence-corrected chi connectivity index (χ4v) is 5.22. The molecule has 28 heavy (non-hydrogen) atoms. The van der Waals surface area contributed by atoms with Crippen LogP contribution < -0.4 is 0 Å². The van der Waals surface area contributed by atoms with Gasteiger partial charge in [0.25, 0.3) is 0 Å². The van der Waals surface area contributed by atoms with Crippen LogP contribution in [-0.4, -0.2) is 36.2 Å². The summed E-state index contributed by atoms with van der Waals surface area (Å²) in [5, 5.41) is 0. The van der Waals surface area contributed by atoms with E-state index in [1.165, 1.54) is 6.92 Å². The quantitative estimate of drug-likeness (QED) is 0.318. The van der Waals surface area contributed by atoms with Crippen LogP contribution in [0.4, 0.5) is 0 Å². The topological polar surface area (TPSA) is 78.9 Å². The third-order valence-corrected chi connectivity index (χ3v) is 7.02. The van der Waals surface area contributed by atoms with E-state index in [0.29, 0.717) is 18.4 Å². The van der Waals surface area contributed by atoms with Crippen LogP contribution in [0.25, 0.3) is 0 Å². The van der Waals surface area contributed by atoms with Gasteiger partial charge in [-0.1, -0.05) is 31.6 Å². The molecule has 0 aromatic rings. The maximum Gasteiger partial charge on any atom is 0.333 e. The monoisotopic (exact) mass is 390 g/mol. The standard InChI is InChI=1S/C22H30O6/c1-7-11(2)20(24)27-16-9-8-12(3)18-19-15(13(4)21(25)28-19)10-17(22(16,18)6)26-14(5)23/h7-8,13,15-19H,9-10H2,1-6H3/b11-7-/t13-,15?,16+,17-,18?,19?,22-/m1/s1. The molecule has 3 unspecified atom stereocenters. The molecule has 1 heterocycles. The molecule has 0 bridgehead atoms. The summed E-state index contributed by atoms with van der Waals surface area (Å²) in [4.78, 5) is 36.7. The first-order chi connectivity index (χ1) is 13.1. The Morgan fingerprint density at radius 3 is 2.54 bits per heavy atom. The van der Waals surface area contributed by atoms with Crippen molar-refractivity contribution in [1.29, 1.82) is 0 Å².